The quantitative estimate of drug-likeness (QED) is 0.648. The summed E-state index contributed by atoms with van der Waals surface area (Å²) in [5, 5.41) is 0.589. The van der Waals surface area contributed by atoms with Crippen molar-refractivity contribution in [1.29, 1.82) is 0 Å². The van der Waals surface area contributed by atoms with Crippen LogP contribution in [-0.2, 0) is 9.53 Å². The van der Waals surface area contributed by atoms with E-state index in [2.05, 4.69) is 14.9 Å². The first kappa shape index (κ1) is 21.8. The highest BCUT2D eigenvalue weighted by molar-refractivity contribution is 6.30. The number of piperidine rings is 2. The van der Waals surface area contributed by atoms with Crippen molar-refractivity contribution in [3.8, 4) is 0 Å². The molecule has 1 saturated carbocycles. The van der Waals surface area contributed by atoms with Crippen molar-refractivity contribution in [3.05, 3.63) is 17.4 Å². The SMILES string of the molecule is CC(C)C(=O)N1CCC(OCC[C@@H]2C[C@@H]2C2CCN(c3ncc(Cl)cn3)CC2)CC1. The number of hydrogen-bond donors (Lipinski definition) is 0. The lowest BCUT2D eigenvalue weighted by molar-refractivity contribution is -0.137. The van der Waals surface area contributed by atoms with Gasteiger partial charge >= 0.3 is 0 Å². The minimum absolute atomic E-state index is 0.0971. The maximum atomic E-state index is 12.1. The molecule has 0 spiro atoms. The fraction of sp³-hybridized carbons (Fsp3) is 0.783. The van der Waals surface area contributed by atoms with E-state index in [4.69, 9.17) is 16.3 Å². The van der Waals surface area contributed by atoms with Crippen LogP contribution in [0.5, 0.6) is 0 Å². The van der Waals surface area contributed by atoms with E-state index in [-0.39, 0.29) is 11.8 Å². The summed E-state index contributed by atoms with van der Waals surface area (Å²) < 4.78 is 6.17. The Hall–Kier alpha value is -1.40. The molecule has 4 rings (SSSR count). The second-order valence-electron chi connectivity index (χ2n) is 9.52. The molecule has 1 aromatic rings. The third kappa shape index (κ3) is 5.44. The maximum absolute atomic E-state index is 12.1. The topological polar surface area (TPSA) is 58.6 Å². The normalized spacial score (nSPS) is 25.7. The number of carbonyl (C=O) groups excluding carboxylic acids is 1. The molecule has 7 heteroatoms. The van der Waals surface area contributed by atoms with E-state index >= 15 is 0 Å². The van der Waals surface area contributed by atoms with Gasteiger partial charge in [0.2, 0.25) is 11.9 Å². The van der Waals surface area contributed by atoms with Crippen LogP contribution in [0.25, 0.3) is 0 Å². The standard InChI is InChI=1S/C23H35ClN4O2/c1-16(2)22(29)27-10-5-20(6-11-27)30-12-7-18-13-21(18)17-3-8-28(9-4-17)23-25-14-19(24)15-26-23/h14-18,20-21H,3-13H2,1-2H3/t18-,21-/m1/s1. The van der Waals surface area contributed by atoms with E-state index in [1.807, 2.05) is 18.7 Å². The van der Waals surface area contributed by atoms with Crippen molar-refractivity contribution < 1.29 is 9.53 Å². The number of aromatic nitrogens is 2. The average molecular weight is 435 g/mol. The Morgan fingerprint density at radius 1 is 1.13 bits per heavy atom. The smallest absolute Gasteiger partial charge is 0.225 e. The molecule has 3 heterocycles. The number of likely N-dealkylation sites (tertiary alicyclic amines) is 1. The first-order valence-corrected chi connectivity index (χ1v) is 12.0. The van der Waals surface area contributed by atoms with Crippen LogP contribution in [0, 0.1) is 23.7 Å². The van der Waals surface area contributed by atoms with Gasteiger partial charge in [-0.2, -0.15) is 0 Å². The largest absolute Gasteiger partial charge is 0.378 e. The fourth-order valence-corrected chi connectivity index (χ4v) is 5.27. The van der Waals surface area contributed by atoms with Crippen LogP contribution in [0.2, 0.25) is 5.02 Å². The van der Waals surface area contributed by atoms with Crippen molar-refractivity contribution in [2.24, 2.45) is 23.7 Å². The van der Waals surface area contributed by atoms with Crippen LogP contribution in [0.3, 0.4) is 0 Å². The number of amides is 1. The van der Waals surface area contributed by atoms with Gasteiger partial charge in [-0.25, -0.2) is 9.97 Å². The molecular formula is C23H35ClN4O2. The zero-order chi connectivity index (χ0) is 21.1. The third-order valence-electron chi connectivity index (χ3n) is 7.10. The second kappa shape index (κ2) is 9.82. The molecule has 0 unspecified atom stereocenters. The highest BCUT2D eigenvalue weighted by Crippen LogP contribution is 2.50. The lowest BCUT2D eigenvalue weighted by atomic mass is 9.90. The van der Waals surface area contributed by atoms with Gasteiger partial charge in [0.1, 0.15) is 0 Å². The molecule has 1 aliphatic carbocycles. The summed E-state index contributed by atoms with van der Waals surface area (Å²) >= 11 is 5.89. The summed E-state index contributed by atoms with van der Waals surface area (Å²) in [6.45, 7) is 8.62. The summed E-state index contributed by atoms with van der Waals surface area (Å²) in [7, 11) is 0. The molecule has 0 bridgehead atoms. The van der Waals surface area contributed by atoms with Gasteiger partial charge in [-0.1, -0.05) is 25.4 Å². The second-order valence-corrected chi connectivity index (χ2v) is 9.96. The van der Waals surface area contributed by atoms with Crippen molar-refractivity contribution in [3.63, 3.8) is 0 Å². The van der Waals surface area contributed by atoms with Gasteiger partial charge in [0.15, 0.2) is 0 Å². The number of carbonyl (C=O) groups is 1. The van der Waals surface area contributed by atoms with E-state index in [1.165, 1.54) is 25.7 Å². The Bertz CT molecular complexity index is 698. The molecule has 1 aromatic heterocycles. The molecule has 6 nitrogen and oxygen atoms in total. The molecule has 30 heavy (non-hydrogen) atoms. The number of ether oxygens (including phenoxy) is 1. The van der Waals surface area contributed by atoms with Crippen molar-refractivity contribution in [2.75, 3.05) is 37.7 Å². The molecule has 3 aliphatic rings. The number of rotatable bonds is 7. The predicted octanol–water partition coefficient (Wildman–Crippen LogP) is 4.04. The lowest BCUT2D eigenvalue weighted by Crippen LogP contribution is -2.42. The van der Waals surface area contributed by atoms with Gasteiger partial charge in [0.25, 0.3) is 0 Å². The summed E-state index contributed by atoms with van der Waals surface area (Å²) in [5.74, 6) is 3.75. The summed E-state index contributed by atoms with van der Waals surface area (Å²) in [6, 6.07) is 0. The van der Waals surface area contributed by atoms with Gasteiger partial charge < -0.3 is 14.5 Å². The maximum Gasteiger partial charge on any atom is 0.225 e. The van der Waals surface area contributed by atoms with Gasteiger partial charge in [-0.05, 0) is 56.3 Å². The summed E-state index contributed by atoms with van der Waals surface area (Å²) in [6.07, 6.45) is 10.7. The predicted molar refractivity (Wildman–Crippen MR) is 119 cm³/mol. The highest BCUT2D eigenvalue weighted by atomic mass is 35.5. The first-order chi connectivity index (χ1) is 14.5. The summed E-state index contributed by atoms with van der Waals surface area (Å²) in [4.78, 5) is 25.1. The van der Waals surface area contributed by atoms with E-state index in [9.17, 15) is 4.79 Å². The molecule has 0 radical (unpaired) electrons. The van der Waals surface area contributed by atoms with Crippen LogP contribution >= 0.6 is 11.6 Å². The first-order valence-electron chi connectivity index (χ1n) is 11.6. The molecule has 2 atom stereocenters. The minimum Gasteiger partial charge on any atom is -0.378 e. The molecular weight excluding hydrogens is 400 g/mol. The molecule has 166 valence electrons. The van der Waals surface area contributed by atoms with E-state index in [1.54, 1.807) is 12.4 Å². The van der Waals surface area contributed by atoms with Gasteiger partial charge in [-0.15, -0.1) is 0 Å². The van der Waals surface area contributed by atoms with Crippen LogP contribution in [-0.4, -0.2) is 59.7 Å². The Labute approximate surface area is 185 Å². The van der Waals surface area contributed by atoms with Crippen molar-refractivity contribution >= 4 is 23.5 Å². The van der Waals surface area contributed by atoms with Gasteiger partial charge in [0.05, 0.1) is 23.5 Å². The number of hydrogen-bond acceptors (Lipinski definition) is 5. The Balaban J connectivity index is 1.10. The van der Waals surface area contributed by atoms with E-state index < -0.39 is 0 Å². The van der Waals surface area contributed by atoms with Gasteiger partial charge in [0, 0.05) is 38.7 Å². The van der Waals surface area contributed by atoms with E-state index in [0.717, 1.165) is 69.3 Å². The average Bonchev–Trinajstić information content (AvgIpc) is 3.54. The van der Waals surface area contributed by atoms with Crippen LogP contribution in [0.1, 0.15) is 52.4 Å². The fourth-order valence-electron chi connectivity index (χ4n) is 5.17. The Morgan fingerprint density at radius 3 is 2.43 bits per heavy atom. The van der Waals surface area contributed by atoms with Crippen LogP contribution in [0.4, 0.5) is 5.95 Å². The number of nitrogens with zero attached hydrogens (tertiary/aromatic N) is 4. The Morgan fingerprint density at radius 2 is 1.80 bits per heavy atom. The molecule has 2 aliphatic heterocycles. The Kier molecular flexibility index (Phi) is 7.14. The minimum atomic E-state index is 0.0971. The highest BCUT2D eigenvalue weighted by Gasteiger charge is 2.43. The van der Waals surface area contributed by atoms with Crippen molar-refractivity contribution in [2.45, 2.75) is 58.5 Å². The zero-order valence-corrected chi connectivity index (χ0v) is 19.1. The zero-order valence-electron chi connectivity index (χ0n) is 18.3. The van der Waals surface area contributed by atoms with Crippen LogP contribution < -0.4 is 4.90 Å². The molecule has 3 fully saturated rings. The third-order valence-corrected chi connectivity index (χ3v) is 7.30. The van der Waals surface area contributed by atoms with Crippen LogP contribution in [0.15, 0.2) is 12.4 Å². The monoisotopic (exact) mass is 434 g/mol. The van der Waals surface area contributed by atoms with Gasteiger partial charge in [-0.3, -0.25) is 4.79 Å². The lowest BCUT2D eigenvalue weighted by Gasteiger charge is -2.33. The molecule has 0 N–H and O–H groups in total. The van der Waals surface area contributed by atoms with E-state index in [0.29, 0.717) is 11.1 Å². The summed E-state index contributed by atoms with van der Waals surface area (Å²) in [5.41, 5.74) is 0. The molecule has 0 aromatic carbocycles. The molecule has 1 amide bonds. The van der Waals surface area contributed by atoms with Crippen molar-refractivity contribution in [1.82, 2.24) is 14.9 Å². The molecule has 2 saturated heterocycles. The number of anilines is 1. The number of halogens is 1.